The maximum Gasteiger partial charge on any atom is 0.141 e. The van der Waals surface area contributed by atoms with Gasteiger partial charge in [0.2, 0.25) is 0 Å². The lowest BCUT2D eigenvalue weighted by Gasteiger charge is -2.27. The molecule has 1 aromatic heterocycles. The van der Waals surface area contributed by atoms with Crippen LogP contribution in [0.4, 0.5) is 5.69 Å². The molecule has 0 amide bonds. The molecule has 1 atom stereocenters. The molecular formula is C13H20N4O. The van der Waals surface area contributed by atoms with E-state index in [0.29, 0.717) is 11.7 Å². The molecule has 5 nitrogen and oxygen atoms in total. The first-order valence-corrected chi connectivity index (χ1v) is 6.40. The van der Waals surface area contributed by atoms with Crippen LogP contribution in [0.1, 0.15) is 31.4 Å². The molecule has 1 aromatic rings. The highest BCUT2D eigenvalue weighted by atomic mass is 16.2. The number of nitrogen functional groups attached to an aromatic ring is 1. The Morgan fingerprint density at radius 1 is 1.61 bits per heavy atom. The van der Waals surface area contributed by atoms with Gasteiger partial charge in [-0.15, -0.1) is 0 Å². The lowest BCUT2D eigenvalue weighted by atomic mass is 10.1. The Labute approximate surface area is 107 Å². The van der Waals surface area contributed by atoms with E-state index in [1.54, 1.807) is 6.20 Å². The van der Waals surface area contributed by atoms with Gasteiger partial charge < -0.3 is 15.7 Å². The van der Waals surface area contributed by atoms with Crippen LogP contribution in [0, 0.1) is 5.41 Å². The van der Waals surface area contributed by atoms with Gasteiger partial charge in [0.25, 0.3) is 0 Å². The number of anilines is 1. The van der Waals surface area contributed by atoms with Gasteiger partial charge in [0.15, 0.2) is 0 Å². The van der Waals surface area contributed by atoms with Gasteiger partial charge in [-0.25, -0.2) is 0 Å². The molecule has 0 saturated carbocycles. The smallest absolute Gasteiger partial charge is 0.141 e. The number of amidine groups is 1. The maximum absolute atomic E-state index is 8.93. The van der Waals surface area contributed by atoms with Crippen molar-refractivity contribution in [3.8, 4) is 0 Å². The third kappa shape index (κ3) is 2.79. The Morgan fingerprint density at radius 3 is 3.17 bits per heavy atom. The highest BCUT2D eigenvalue weighted by Crippen LogP contribution is 2.28. The van der Waals surface area contributed by atoms with E-state index in [9.17, 15) is 0 Å². The summed E-state index contributed by atoms with van der Waals surface area (Å²) in [4.78, 5) is 6.42. The van der Waals surface area contributed by atoms with Crippen LogP contribution in [0.3, 0.4) is 0 Å². The second kappa shape index (κ2) is 5.82. The number of nitrogens with zero attached hydrogens (tertiary/aromatic N) is 2. The zero-order chi connectivity index (χ0) is 13.0. The van der Waals surface area contributed by atoms with Gasteiger partial charge in [0.05, 0.1) is 0 Å². The lowest BCUT2D eigenvalue weighted by molar-refractivity contribution is 0.279. The second-order valence-electron chi connectivity index (χ2n) is 4.67. The summed E-state index contributed by atoms with van der Waals surface area (Å²) in [6.07, 6.45) is 5.89. The van der Waals surface area contributed by atoms with Gasteiger partial charge in [-0.1, -0.05) is 0 Å². The SMILES string of the molecule is N=C(N)c1cc(N2CCCC2CCCO)ccn1. The van der Waals surface area contributed by atoms with Gasteiger partial charge in [0.1, 0.15) is 11.5 Å². The zero-order valence-electron chi connectivity index (χ0n) is 10.5. The van der Waals surface area contributed by atoms with Gasteiger partial charge >= 0.3 is 0 Å². The van der Waals surface area contributed by atoms with Crippen LogP contribution in [0.5, 0.6) is 0 Å². The Balaban J connectivity index is 2.14. The van der Waals surface area contributed by atoms with Crippen LogP contribution < -0.4 is 10.6 Å². The summed E-state index contributed by atoms with van der Waals surface area (Å²) in [6, 6.07) is 4.32. The fraction of sp³-hybridized carbons (Fsp3) is 0.538. The normalized spacial score (nSPS) is 19.2. The molecular weight excluding hydrogens is 228 g/mol. The van der Waals surface area contributed by atoms with Gasteiger partial charge in [0, 0.05) is 31.1 Å². The predicted molar refractivity (Wildman–Crippen MR) is 71.9 cm³/mol. The highest BCUT2D eigenvalue weighted by Gasteiger charge is 2.24. The van der Waals surface area contributed by atoms with Crippen molar-refractivity contribution in [1.29, 1.82) is 5.41 Å². The molecule has 5 heteroatoms. The topological polar surface area (TPSA) is 86.2 Å². The largest absolute Gasteiger partial charge is 0.396 e. The van der Waals surface area contributed by atoms with Crippen LogP contribution >= 0.6 is 0 Å². The number of hydrogen-bond acceptors (Lipinski definition) is 4. The molecule has 0 radical (unpaired) electrons. The molecule has 1 aliphatic rings. The van der Waals surface area contributed by atoms with Crippen molar-refractivity contribution in [2.24, 2.45) is 5.73 Å². The number of nitrogens with two attached hydrogens (primary N) is 1. The summed E-state index contributed by atoms with van der Waals surface area (Å²) in [5.41, 5.74) is 7.07. The van der Waals surface area contributed by atoms with Crippen LogP contribution in [-0.4, -0.2) is 35.1 Å². The number of hydrogen-bond donors (Lipinski definition) is 3. The number of pyridine rings is 1. The van der Waals surface area contributed by atoms with Crippen LogP contribution in [0.2, 0.25) is 0 Å². The van der Waals surface area contributed by atoms with E-state index >= 15 is 0 Å². The Kier molecular flexibility index (Phi) is 4.15. The van der Waals surface area contributed by atoms with E-state index in [4.69, 9.17) is 16.2 Å². The Hall–Kier alpha value is -1.62. The molecule has 1 saturated heterocycles. The maximum atomic E-state index is 8.93. The minimum Gasteiger partial charge on any atom is -0.396 e. The van der Waals surface area contributed by atoms with Crippen molar-refractivity contribution in [3.63, 3.8) is 0 Å². The minimum absolute atomic E-state index is 0.00274. The summed E-state index contributed by atoms with van der Waals surface area (Å²) < 4.78 is 0. The molecule has 98 valence electrons. The molecule has 0 spiro atoms. The van der Waals surface area contributed by atoms with Crippen molar-refractivity contribution < 1.29 is 5.11 Å². The first kappa shape index (κ1) is 12.8. The number of nitrogens with one attached hydrogen (secondary N) is 1. The molecule has 4 N–H and O–H groups in total. The van der Waals surface area contributed by atoms with Crippen molar-refractivity contribution in [1.82, 2.24) is 4.98 Å². The Bertz CT molecular complexity index is 421. The number of aliphatic hydroxyl groups excluding tert-OH is 1. The molecule has 0 aliphatic carbocycles. The van der Waals surface area contributed by atoms with E-state index in [1.807, 2.05) is 12.1 Å². The average molecular weight is 248 g/mol. The number of rotatable bonds is 5. The van der Waals surface area contributed by atoms with E-state index < -0.39 is 0 Å². The summed E-state index contributed by atoms with van der Waals surface area (Å²) in [5, 5.41) is 16.4. The fourth-order valence-corrected chi connectivity index (χ4v) is 2.55. The lowest BCUT2D eigenvalue weighted by Crippen LogP contribution is -2.29. The standard InChI is InChI=1S/C13H20N4O/c14-13(15)12-9-11(5-6-16-12)17-7-1-3-10(17)4-2-8-18/h5-6,9-10,18H,1-4,7-8H2,(H3,14,15). The number of aromatic nitrogens is 1. The molecule has 1 fully saturated rings. The van der Waals surface area contributed by atoms with Crippen molar-refractivity contribution in [3.05, 3.63) is 24.0 Å². The van der Waals surface area contributed by atoms with Crippen molar-refractivity contribution in [2.45, 2.75) is 31.7 Å². The van der Waals surface area contributed by atoms with E-state index in [0.717, 1.165) is 31.5 Å². The Morgan fingerprint density at radius 2 is 2.44 bits per heavy atom. The fourth-order valence-electron chi connectivity index (χ4n) is 2.55. The first-order chi connectivity index (χ1) is 8.72. The van der Waals surface area contributed by atoms with Crippen molar-refractivity contribution >= 4 is 11.5 Å². The average Bonchev–Trinajstić information content (AvgIpc) is 2.84. The monoisotopic (exact) mass is 248 g/mol. The molecule has 2 heterocycles. The third-order valence-corrected chi connectivity index (χ3v) is 3.42. The van der Waals surface area contributed by atoms with Crippen LogP contribution in [-0.2, 0) is 0 Å². The number of aliphatic hydroxyl groups is 1. The third-order valence-electron chi connectivity index (χ3n) is 3.42. The van der Waals surface area contributed by atoms with Crippen LogP contribution in [0.25, 0.3) is 0 Å². The summed E-state index contributed by atoms with van der Waals surface area (Å²) in [5.74, 6) is 0.00274. The second-order valence-corrected chi connectivity index (χ2v) is 4.67. The van der Waals surface area contributed by atoms with E-state index in [-0.39, 0.29) is 12.4 Å². The summed E-state index contributed by atoms with van der Waals surface area (Å²) in [7, 11) is 0. The van der Waals surface area contributed by atoms with E-state index in [1.165, 1.54) is 6.42 Å². The highest BCUT2D eigenvalue weighted by molar-refractivity contribution is 5.93. The van der Waals surface area contributed by atoms with Crippen molar-refractivity contribution in [2.75, 3.05) is 18.1 Å². The molecule has 2 rings (SSSR count). The summed E-state index contributed by atoms with van der Waals surface area (Å²) >= 11 is 0. The zero-order valence-corrected chi connectivity index (χ0v) is 10.5. The van der Waals surface area contributed by atoms with Gasteiger partial charge in [-0.3, -0.25) is 10.4 Å². The summed E-state index contributed by atoms with van der Waals surface area (Å²) in [6.45, 7) is 1.27. The van der Waals surface area contributed by atoms with Gasteiger partial charge in [-0.05, 0) is 37.8 Å². The van der Waals surface area contributed by atoms with Crippen LogP contribution in [0.15, 0.2) is 18.3 Å². The predicted octanol–water partition coefficient (Wildman–Crippen LogP) is 1.11. The molecule has 1 unspecified atom stereocenters. The molecule has 0 bridgehead atoms. The van der Waals surface area contributed by atoms with E-state index in [2.05, 4.69) is 9.88 Å². The first-order valence-electron chi connectivity index (χ1n) is 6.40. The molecule has 0 aromatic carbocycles. The quantitative estimate of drug-likeness (QED) is 0.538. The van der Waals surface area contributed by atoms with Gasteiger partial charge in [-0.2, -0.15) is 0 Å². The molecule has 18 heavy (non-hydrogen) atoms. The molecule has 1 aliphatic heterocycles. The minimum atomic E-state index is 0.00274.